The summed E-state index contributed by atoms with van der Waals surface area (Å²) in [5.41, 5.74) is 2.95. The number of imidazole rings is 1. The van der Waals surface area contributed by atoms with Crippen molar-refractivity contribution in [2.24, 2.45) is 0 Å². The minimum atomic E-state index is 0.541. The average Bonchev–Trinajstić information content (AvgIpc) is 2.97. The standard InChI is InChI=1S/C15H16ClN3O/c1-10-6-8-17-15-14(10)18-13(5-7-16)19(15)9-12-4-3-11(2)20-12/h3-4,6,8H,5,7,9H2,1-2H3. The lowest BCUT2D eigenvalue weighted by Gasteiger charge is -2.05. The number of pyridine rings is 1. The molecule has 3 aromatic rings. The van der Waals surface area contributed by atoms with E-state index in [0.29, 0.717) is 12.4 Å². The van der Waals surface area contributed by atoms with E-state index < -0.39 is 0 Å². The quantitative estimate of drug-likeness (QED) is 0.691. The van der Waals surface area contributed by atoms with Gasteiger partial charge in [0.25, 0.3) is 0 Å². The topological polar surface area (TPSA) is 43.9 Å². The van der Waals surface area contributed by atoms with Crippen LogP contribution in [0.3, 0.4) is 0 Å². The summed E-state index contributed by atoms with van der Waals surface area (Å²) >= 11 is 5.89. The van der Waals surface area contributed by atoms with Crippen LogP contribution in [-0.2, 0) is 13.0 Å². The van der Waals surface area contributed by atoms with Gasteiger partial charge in [-0.25, -0.2) is 9.97 Å². The summed E-state index contributed by atoms with van der Waals surface area (Å²) < 4.78 is 7.75. The van der Waals surface area contributed by atoms with E-state index in [9.17, 15) is 0 Å². The van der Waals surface area contributed by atoms with Gasteiger partial charge in [0.05, 0.1) is 6.54 Å². The lowest BCUT2D eigenvalue weighted by Crippen LogP contribution is -2.06. The van der Waals surface area contributed by atoms with Crippen molar-refractivity contribution < 1.29 is 4.42 Å². The summed E-state index contributed by atoms with van der Waals surface area (Å²) in [6.07, 6.45) is 2.53. The first-order valence-electron chi connectivity index (χ1n) is 6.61. The van der Waals surface area contributed by atoms with E-state index in [2.05, 4.69) is 14.5 Å². The highest BCUT2D eigenvalue weighted by molar-refractivity contribution is 6.17. The van der Waals surface area contributed by atoms with Gasteiger partial charge in [-0.3, -0.25) is 0 Å². The smallest absolute Gasteiger partial charge is 0.160 e. The molecule has 0 saturated heterocycles. The molecule has 0 spiro atoms. The van der Waals surface area contributed by atoms with Crippen LogP contribution in [-0.4, -0.2) is 20.4 Å². The molecule has 0 atom stereocenters. The molecule has 0 aliphatic carbocycles. The van der Waals surface area contributed by atoms with Gasteiger partial charge < -0.3 is 8.98 Å². The number of alkyl halides is 1. The van der Waals surface area contributed by atoms with Gasteiger partial charge >= 0.3 is 0 Å². The Bertz CT molecular complexity index is 745. The molecule has 4 nitrogen and oxygen atoms in total. The molecule has 0 radical (unpaired) electrons. The van der Waals surface area contributed by atoms with Crippen LogP contribution in [0.25, 0.3) is 11.2 Å². The summed E-state index contributed by atoms with van der Waals surface area (Å²) in [7, 11) is 0. The van der Waals surface area contributed by atoms with Crippen molar-refractivity contribution in [2.45, 2.75) is 26.8 Å². The summed E-state index contributed by atoms with van der Waals surface area (Å²) in [5, 5.41) is 0. The van der Waals surface area contributed by atoms with E-state index >= 15 is 0 Å². The Hall–Kier alpha value is -1.81. The second kappa shape index (κ2) is 5.29. The number of hydrogen-bond donors (Lipinski definition) is 0. The molecule has 5 heteroatoms. The first-order valence-corrected chi connectivity index (χ1v) is 7.14. The zero-order chi connectivity index (χ0) is 14.1. The van der Waals surface area contributed by atoms with Crippen LogP contribution in [0.5, 0.6) is 0 Å². The molecular weight excluding hydrogens is 274 g/mol. The van der Waals surface area contributed by atoms with Crippen molar-refractivity contribution in [3.63, 3.8) is 0 Å². The fourth-order valence-corrected chi connectivity index (χ4v) is 2.52. The van der Waals surface area contributed by atoms with Crippen molar-refractivity contribution in [1.29, 1.82) is 0 Å². The maximum absolute atomic E-state index is 5.89. The lowest BCUT2D eigenvalue weighted by atomic mass is 10.3. The Morgan fingerprint density at radius 3 is 2.80 bits per heavy atom. The van der Waals surface area contributed by atoms with E-state index in [-0.39, 0.29) is 0 Å². The predicted octanol–water partition coefficient (Wildman–Crippen LogP) is 3.47. The Morgan fingerprint density at radius 1 is 1.25 bits per heavy atom. The highest BCUT2D eigenvalue weighted by Crippen LogP contribution is 2.20. The first kappa shape index (κ1) is 13.2. The minimum absolute atomic E-state index is 0.541. The lowest BCUT2D eigenvalue weighted by molar-refractivity contribution is 0.468. The van der Waals surface area contributed by atoms with E-state index in [1.54, 1.807) is 0 Å². The normalized spacial score (nSPS) is 11.3. The summed E-state index contributed by atoms with van der Waals surface area (Å²) in [6, 6.07) is 5.93. The highest BCUT2D eigenvalue weighted by Gasteiger charge is 2.14. The predicted molar refractivity (Wildman–Crippen MR) is 79.2 cm³/mol. The number of furan rings is 1. The minimum Gasteiger partial charge on any atom is -0.464 e. The molecular formula is C15H16ClN3O. The molecule has 104 valence electrons. The Labute approximate surface area is 122 Å². The molecule has 0 amide bonds. The van der Waals surface area contributed by atoms with Gasteiger partial charge in [0, 0.05) is 18.5 Å². The molecule has 0 bridgehead atoms. The Morgan fingerprint density at radius 2 is 2.10 bits per heavy atom. The van der Waals surface area contributed by atoms with Gasteiger partial charge in [-0.05, 0) is 37.6 Å². The first-order chi connectivity index (χ1) is 9.69. The molecule has 0 aromatic carbocycles. The third-order valence-electron chi connectivity index (χ3n) is 3.34. The largest absolute Gasteiger partial charge is 0.464 e. The van der Waals surface area contributed by atoms with E-state index in [1.165, 1.54) is 0 Å². The van der Waals surface area contributed by atoms with Gasteiger partial charge in [0.15, 0.2) is 5.65 Å². The van der Waals surface area contributed by atoms with Crippen molar-refractivity contribution in [3.05, 3.63) is 47.3 Å². The van der Waals surface area contributed by atoms with E-state index in [4.69, 9.17) is 16.0 Å². The van der Waals surface area contributed by atoms with Crippen LogP contribution >= 0.6 is 11.6 Å². The fourth-order valence-electron chi connectivity index (χ4n) is 2.35. The van der Waals surface area contributed by atoms with Gasteiger partial charge in [-0.1, -0.05) is 0 Å². The van der Waals surface area contributed by atoms with Gasteiger partial charge in [0.1, 0.15) is 22.9 Å². The maximum Gasteiger partial charge on any atom is 0.160 e. The number of hydrogen-bond acceptors (Lipinski definition) is 3. The molecule has 0 unspecified atom stereocenters. The van der Waals surface area contributed by atoms with Gasteiger partial charge in [-0.15, -0.1) is 11.6 Å². The van der Waals surface area contributed by atoms with Crippen LogP contribution in [0.2, 0.25) is 0 Å². The van der Waals surface area contributed by atoms with Crippen molar-refractivity contribution in [3.8, 4) is 0 Å². The number of nitrogens with zero attached hydrogens (tertiary/aromatic N) is 3. The monoisotopic (exact) mass is 289 g/mol. The molecule has 3 heterocycles. The van der Waals surface area contributed by atoms with Crippen molar-refractivity contribution in [2.75, 3.05) is 5.88 Å². The van der Waals surface area contributed by atoms with Crippen LogP contribution < -0.4 is 0 Å². The Kier molecular flexibility index (Phi) is 3.49. The van der Waals surface area contributed by atoms with Crippen molar-refractivity contribution >= 4 is 22.8 Å². The van der Waals surface area contributed by atoms with Crippen LogP contribution in [0.4, 0.5) is 0 Å². The van der Waals surface area contributed by atoms with Crippen molar-refractivity contribution in [1.82, 2.24) is 14.5 Å². The zero-order valence-corrected chi connectivity index (χ0v) is 12.3. The van der Waals surface area contributed by atoms with Crippen LogP contribution in [0.15, 0.2) is 28.8 Å². The maximum atomic E-state index is 5.89. The summed E-state index contributed by atoms with van der Waals surface area (Å²) in [4.78, 5) is 9.14. The van der Waals surface area contributed by atoms with E-state index in [1.807, 2.05) is 38.2 Å². The molecule has 0 aliphatic rings. The molecule has 0 aliphatic heterocycles. The van der Waals surface area contributed by atoms with Crippen LogP contribution in [0, 0.1) is 13.8 Å². The number of rotatable bonds is 4. The molecule has 3 aromatic heterocycles. The molecule has 0 fully saturated rings. The second-order valence-corrected chi connectivity index (χ2v) is 5.24. The third-order valence-corrected chi connectivity index (χ3v) is 3.53. The third kappa shape index (κ3) is 2.31. The van der Waals surface area contributed by atoms with Gasteiger partial charge in [-0.2, -0.15) is 0 Å². The van der Waals surface area contributed by atoms with E-state index in [0.717, 1.165) is 40.5 Å². The Balaban J connectivity index is 2.11. The SMILES string of the molecule is Cc1ccc(Cn2c(CCCl)nc3c(C)ccnc32)o1. The number of aromatic nitrogens is 3. The number of aryl methyl sites for hydroxylation is 3. The van der Waals surface area contributed by atoms with Gasteiger partial charge in [0.2, 0.25) is 0 Å². The zero-order valence-electron chi connectivity index (χ0n) is 11.6. The molecule has 0 saturated carbocycles. The number of halogens is 1. The molecule has 0 N–H and O–H groups in total. The average molecular weight is 290 g/mol. The molecule has 3 rings (SSSR count). The fraction of sp³-hybridized carbons (Fsp3) is 0.333. The second-order valence-electron chi connectivity index (χ2n) is 4.87. The molecule has 20 heavy (non-hydrogen) atoms. The highest BCUT2D eigenvalue weighted by atomic mass is 35.5. The summed E-state index contributed by atoms with van der Waals surface area (Å²) in [5.74, 6) is 3.30. The van der Waals surface area contributed by atoms with Crippen LogP contribution in [0.1, 0.15) is 22.9 Å². The number of fused-ring (bicyclic) bond motifs is 1. The summed E-state index contributed by atoms with van der Waals surface area (Å²) in [6.45, 7) is 4.62.